The standard InChI is InChI=1S/C26H31N/c1-19-7-13-23(14-8-19)27(24-15-9-20(2)10-16-24)25-17-11-22(12-18-25)21(3)26(4,5)6/h7-18,21H,1-6H3. The molecule has 1 nitrogen and oxygen atoms in total. The molecule has 3 aromatic carbocycles. The fourth-order valence-electron chi connectivity index (χ4n) is 3.25. The van der Waals surface area contributed by atoms with Crippen LogP contribution in [0.3, 0.4) is 0 Å². The van der Waals surface area contributed by atoms with Crippen molar-refractivity contribution in [3.63, 3.8) is 0 Å². The average Bonchev–Trinajstić information content (AvgIpc) is 2.64. The van der Waals surface area contributed by atoms with Gasteiger partial charge in [0, 0.05) is 17.1 Å². The molecule has 0 aliphatic heterocycles. The van der Waals surface area contributed by atoms with Crippen molar-refractivity contribution in [2.24, 2.45) is 5.41 Å². The fraction of sp³-hybridized carbons (Fsp3) is 0.308. The summed E-state index contributed by atoms with van der Waals surface area (Å²) in [6, 6.07) is 26.5. The van der Waals surface area contributed by atoms with Crippen LogP contribution in [0.25, 0.3) is 0 Å². The zero-order chi connectivity index (χ0) is 19.6. The van der Waals surface area contributed by atoms with Crippen LogP contribution in [0.15, 0.2) is 72.8 Å². The number of hydrogen-bond acceptors (Lipinski definition) is 1. The molecule has 0 saturated carbocycles. The molecule has 0 radical (unpaired) electrons. The Kier molecular flexibility index (Phi) is 5.41. The van der Waals surface area contributed by atoms with Gasteiger partial charge in [0.1, 0.15) is 0 Å². The number of nitrogens with zero attached hydrogens (tertiary/aromatic N) is 1. The molecule has 3 rings (SSSR count). The molecule has 27 heavy (non-hydrogen) atoms. The third-order valence-corrected chi connectivity index (χ3v) is 5.53. The second kappa shape index (κ2) is 7.60. The van der Waals surface area contributed by atoms with Crippen LogP contribution in [-0.2, 0) is 0 Å². The van der Waals surface area contributed by atoms with Gasteiger partial charge in [0.25, 0.3) is 0 Å². The van der Waals surface area contributed by atoms with Crippen molar-refractivity contribution < 1.29 is 0 Å². The highest BCUT2D eigenvalue weighted by molar-refractivity contribution is 5.76. The summed E-state index contributed by atoms with van der Waals surface area (Å²) >= 11 is 0. The smallest absolute Gasteiger partial charge is 0.0461 e. The van der Waals surface area contributed by atoms with Crippen molar-refractivity contribution in [1.29, 1.82) is 0 Å². The molecule has 1 heteroatoms. The van der Waals surface area contributed by atoms with Gasteiger partial charge in [-0.2, -0.15) is 0 Å². The van der Waals surface area contributed by atoms with E-state index in [1.54, 1.807) is 0 Å². The summed E-state index contributed by atoms with van der Waals surface area (Å²) in [5, 5.41) is 0. The molecule has 0 fully saturated rings. The Balaban J connectivity index is 2.02. The molecule has 0 amide bonds. The van der Waals surface area contributed by atoms with E-state index < -0.39 is 0 Å². The molecule has 1 atom stereocenters. The second-order valence-corrected chi connectivity index (χ2v) is 8.69. The van der Waals surface area contributed by atoms with Gasteiger partial charge < -0.3 is 4.90 Å². The molecule has 0 bridgehead atoms. The fourth-order valence-corrected chi connectivity index (χ4v) is 3.25. The quantitative estimate of drug-likeness (QED) is 0.458. The summed E-state index contributed by atoms with van der Waals surface area (Å²) in [6.45, 7) is 13.5. The van der Waals surface area contributed by atoms with Gasteiger partial charge in [0.2, 0.25) is 0 Å². The first kappa shape index (κ1) is 19.2. The number of benzene rings is 3. The average molecular weight is 358 g/mol. The van der Waals surface area contributed by atoms with Gasteiger partial charge >= 0.3 is 0 Å². The first-order valence-electron chi connectivity index (χ1n) is 9.79. The lowest BCUT2D eigenvalue weighted by atomic mass is 9.78. The maximum atomic E-state index is 2.32. The van der Waals surface area contributed by atoms with Crippen molar-refractivity contribution in [3.05, 3.63) is 89.5 Å². The normalized spacial score (nSPS) is 12.7. The maximum Gasteiger partial charge on any atom is 0.0461 e. The Hall–Kier alpha value is -2.54. The summed E-state index contributed by atoms with van der Waals surface area (Å²) in [7, 11) is 0. The lowest BCUT2D eigenvalue weighted by Gasteiger charge is -2.29. The topological polar surface area (TPSA) is 3.24 Å². The van der Waals surface area contributed by atoms with Crippen LogP contribution >= 0.6 is 0 Å². The van der Waals surface area contributed by atoms with Crippen LogP contribution in [-0.4, -0.2) is 0 Å². The molecule has 0 aliphatic carbocycles. The van der Waals surface area contributed by atoms with Crippen molar-refractivity contribution in [2.45, 2.75) is 47.5 Å². The summed E-state index contributed by atoms with van der Waals surface area (Å²) in [4.78, 5) is 2.32. The summed E-state index contributed by atoms with van der Waals surface area (Å²) in [5.74, 6) is 0.513. The van der Waals surface area contributed by atoms with E-state index in [0.29, 0.717) is 5.92 Å². The third-order valence-electron chi connectivity index (χ3n) is 5.53. The zero-order valence-electron chi connectivity index (χ0n) is 17.5. The van der Waals surface area contributed by atoms with Crippen LogP contribution in [0.2, 0.25) is 0 Å². The summed E-state index contributed by atoms with van der Waals surface area (Å²) in [5.41, 5.74) is 7.75. The van der Waals surface area contributed by atoms with E-state index in [1.807, 2.05) is 0 Å². The van der Waals surface area contributed by atoms with Crippen LogP contribution in [0.1, 0.15) is 50.3 Å². The van der Waals surface area contributed by atoms with E-state index in [2.05, 4.69) is 119 Å². The Morgan fingerprint density at radius 3 is 1.26 bits per heavy atom. The van der Waals surface area contributed by atoms with Gasteiger partial charge in [-0.1, -0.05) is 75.2 Å². The molecular formula is C26H31N. The first-order chi connectivity index (χ1) is 12.8. The monoisotopic (exact) mass is 357 g/mol. The van der Waals surface area contributed by atoms with Gasteiger partial charge in [-0.15, -0.1) is 0 Å². The Labute approximate surface area is 164 Å². The third kappa shape index (κ3) is 4.42. The molecule has 0 aromatic heterocycles. The van der Waals surface area contributed by atoms with E-state index in [-0.39, 0.29) is 5.41 Å². The molecule has 0 spiro atoms. The molecule has 0 heterocycles. The Bertz CT molecular complexity index is 820. The van der Waals surface area contributed by atoms with E-state index >= 15 is 0 Å². The summed E-state index contributed by atoms with van der Waals surface area (Å²) in [6.07, 6.45) is 0. The highest BCUT2D eigenvalue weighted by Crippen LogP contribution is 2.38. The molecule has 3 aromatic rings. The van der Waals surface area contributed by atoms with E-state index in [9.17, 15) is 0 Å². The van der Waals surface area contributed by atoms with Gasteiger partial charge in [-0.05, 0) is 67.1 Å². The molecule has 140 valence electrons. The zero-order valence-corrected chi connectivity index (χ0v) is 17.5. The van der Waals surface area contributed by atoms with Crippen molar-refractivity contribution >= 4 is 17.1 Å². The number of rotatable bonds is 4. The Morgan fingerprint density at radius 2 is 0.926 bits per heavy atom. The highest BCUT2D eigenvalue weighted by atomic mass is 15.1. The predicted octanol–water partition coefficient (Wildman–Crippen LogP) is 7.92. The predicted molar refractivity (Wildman–Crippen MR) is 118 cm³/mol. The van der Waals surface area contributed by atoms with E-state index in [4.69, 9.17) is 0 Å². The van der Waals surface area contributed by atoms with Gasteiger partial charge in [0.15, 0.2) is 0 Å². The largest absolute Gasteiger partial charge is 0.311 e. The van der Waals surface area contributed by atoms with Crippen LogP contribution < -0.4 is 4.90 Å². The minimum atomic E-state index is 0.259. The molecule has 1 unspecified atom stereocenters. The second-order valence-electron chi connectivity index (χ2n) is 8.69. The number of hydrogen-bond donors (Lipinski definition) is 0. The lowest BCUT2D eigenvalue weighted by Crippen LogP contribution is -2.15. The van der Waals surface area contributed by atoms with Crippen molar-refractivity contribution in [2.75, 3.05) is 4.90 Å². The minimum Gasteiger partial charge on any atom is -0.311 e. The van der Waals surface area contributed by atoms with Crippen LogP contribution in [0.4, 0.5) is 17.1 Å². The van der Waals surface area contributed by atoms with E-state index in [0.717, 1.165) is 0 Å². The summed E-state index contributed by atoms with van der Waals surface area (Å²) < 4.78 is 0. The van der Waals surface area contributed by atoms with Crippen molar-refractivity contribution in [1.82, 2.24) is 0 Å². The molecule has 0 aliphatic rings. The minimum absolute atomic E-state index is 0.259. The molecule has 0 N–H and O–H groups in total. The van der Waals surface area contributed by atoms with Gasteiger partial charge in [0.05, 0.1) is 0 Å². The van der Waals surface area contributed by atoms with E-state index in [1.165, 1.54) is 33.8 Å². The van der Waals surface area contributed by atoms with Crippen LogP contribution in [0, 0.1) is 19.3 Å². The first-order valence-corrected chi connectivity index (χ1v) is 9.79. The maximum absolute atomic E-state index is 2.32. The number of anilines is 3. The molecule has 0 saturated heterocycles. The van der Waals surface area contributed by atoms with Crippen molar-refractivity contribution in [3.8, 4) is 0 Å². The number of aryl methyl sites for hydroxylation is 2. The van der Waals surface area contributed by atoms with Gasteiger partial charge in [-0.3, -0.25) is 0 Å². The lowest BCUT2D eigenvalue weighted by molar-refractivity contribution is 0.339. The Morgan fingerprint density at radius 1 is 0.593 bits per heavy atom. The molecular weight excluding hydrogens is 326 g/mol. The highest BCUT2D eigenvalue weighted by Gasteiger charge is 2.22. The van der Waals surface area contributed by atoms with Gasteiger partial charge in [-0.25, -0.2) is 0 Å². The SMILES string of the molecule is Cc1ccc(N(c2ccc(C)cc2)c2ccc(C(C)C(C)(C)C)cc2)cc1. The van der Waals surface area contributed by atoms with Crippen LogP contribution in [0.5, 0.6) is 0 Å².